The lowest BCUT2D eigenvalue weighted by molar-refractivity contribution is -0.118. The highest BCUT2D eigenvalue weighted by molar-refractivity contribution is 9.10. The molecule has 0 saturated heterocycles. The number of halogens is 1. The Hall–Kier alpha value is -1.34. The SMILES string of the molecule is CN(C(=O)CCC#N)c1cccc(Br)c1. The van der Waals surface area contributed by atoms with Gasteiger partial charge in [-0.1, -0.05) is 22.0 Å². The highest BCUT2D eigenvalue weighted by Crippen LogP contribution is 2.19. The van der Waals surface area contributed by atoms with Crippen LogP contribution in [0, 0.1) is 11.3 Å². The lowest BCUT2D eigenvalue weighted by Crippen LogP contribution is -2.25. The maximum absolute atomic E-state index is 11.6. The standard InChI is InChI=1S/C11H11BrN2O/c1-14(11(15)6-3-7-13)10-5-2-4-9(12)8-10/h2,4-5,8H,3,6H2,1H3. The molecular formula is C11H11BrN2O. The third-order valence-corrected chi connectivity index (χ3v) is 2.51. The molecule has 1 amide bonds. The molecule has 0 atom stereocenters. The van der Waals surface area contributed by atoms with Gasteiger partial charge in [-0.3, -0.25) is 4.79 Å². The van der Waals surface area contributed by atoms with Crippen molar-refractivity contribution in [3.63, 3.8) is 0 Å². The van der Waals surface area contributed by atoms with Crippen molar-refractivity contribution >= 4 is 27.5 Å². The molecule has 0 saturated carbocycles. The molecule has 0 aliphatic heterocycles. The van der Waals surface area contributed by atoms with Crippen molar-refractivity contribution in [1.29, 1.82) is 5.26 Å². The molecule has 0 heterocycles. The van der Waals surface area contributed by atoms with Gasteiger partial charge in [-0.05, 0) is 18.2 Å². The molecule has 0 aromatic heterocycles. The molecule has 78 valence electrons. The normalized spacial score (nSPS) is 9.40. The second-order valence-corrected chi connectivity index (χ2v) is 4.01. The first kappa shape index (κ1) is 11.7. The molecule has 3 nitrogen and oxygen atoms in total. The average Bonchev–Trinajstić information content (AvgIpc) is 2.24. The van der Waals surface area contributed by atoms with Crippen LogP contribution in [0.1, 0.15) is 12.8 Å². The predicted molar refractivity (Wildman–Crippen MR) is 62.4 cm³/mol. The van der Waals surface area contributed by atoms with E-state index in [4.69, 9.17) is 5.26 Å². The number of carbonyl (C=O) groups is 1. The zero-order valence-electron chi connectivity index (χ0n) is 8.40. The summed E-state index contributed by atoms with van der Waals surface area (Å²) in [5.41, 5.74) is 0.826. The second-order valence-electron chi connectivity index (χ2n) is 3.09. The van der Waals surface area contributed by atoms with Crippen molar-refractivity contribution < 1.29 is 4.79 Å². The molecule has 0 N–H and O–H groups in total. The highest BCUT2D eigenvalue weighted by Gasteiger charge is 2.09. The Balaban J connectivity index is 2.72. The molecular weight excluding hydrogens is 256 g/mol. The summed E-state index contributed by atoms with van der Waals surface area (Å²) in [5.74, 6) is -0.0466. The second kappa shape index (κ2) is 5.52. The van der Waals surface area contributed by atoms with Crippen LogP contribution in [0.25, 0.3) is 0 Å². The Kier molecular flexibility index (Phi) is 4.32. The Morgan fingerprint density at radius 3 is 2.93 bits per heavy atom. The number of rotatable bonds is 3. The minimum absolute atomic E-state index is 0.0466. The lowest BCUT2D eigenvalue weighted by Gasteiger charge is -2.16. The van der Waals surface area contributed by atoms with E-state index in [9.17, 15) is 4.79 Å². The number of nitriles is 1. The maximum atomic E-state index is 11.6. The van der Waals surface area contributed by atoms with E-state index < -0.39 is 0 Å². The molecule has 0 fully saturated rings. The van der Waals surface area contributed by atoms with Crippen LogP contribution in [0.3, 0.4) is 0 Å². The summed E-state index contributed by atoms with van der Waals surface area (Å²) in [4.78, 5) is 13.1. The van der Waals surface area contributed by atoms with Crippen LogP contribution in [0.2, 0.25) is 0 Å². The maximum Gasteiger partial charge on any atom is 0.227 e. The van der Waals surface area contributed by atoms with Gasteiger partial charge in [0.15, 0.2) is 0 Å². The molecule has 0 spiro atoms. The summed E-state index contributed by atoms with van der Waals surface area (Å²) >= 11 is 3.34. The zero-order chi connectivity index (χ0) is 11.3. The van der Waals surface area contributed by atoms with Gasteiger partial charge in [0, 0.05) is 30.0 Å². The monoisotopic (exact) mass is 266 g/mol. The van der Waals surface area contributed by atoms with Gasteiger partial charge in [0.05, 0.1) is 6.07 Å². The molecule has 15 heavy (non-hydrogen) atoms. The van der Waals surface area contributed by atoms with Gasteiger partial charge in [0.2, 0.25) is 5.91 Å². The Bertz CT molecular complexity index is 398. The van der Waals surface area contributed by atoms with Gasteiger partial charge >= 0.3 is 0 Å². The van der Waals surface area contributed by atoms with Crippen LogP contribution in [0.15, 0.2) is 28.7 Å². The third-order valence-electron chi connectivity index (χ3n) is 2.02. The summed E-state index contributed by atoms with van der Waals surface area (Å²) in [7, 11) is 1.71. The first-order valence-corrected chi connectivity index (χ1v) is 5.33. The minimum Gasteiger partial charge on any atom is -0.315 e. The van der Waals surface area contributed by atoms with E-state index in [0.29, 0.717) is 0 Å². The van der Waals surface area contributed by atoms with Crippen molar-refractivity contribution in [2.75, 3.05) is 11.9 Å². The number of nitrogens with zero attached hydrogens (tertiary/aromatic N) is 2. The summed E-state index contributed by atoms with van der Waals surface area (Å²) in [6.07, 6.45) is 0.524. The topological polar surface area (TPSA) is 44.1 Å². The van der Waals surface area contributed by atoms with Gasteiger partial charge in [-0.25, -0.2) is 0 Å². The van der Waals surface area contributed by atoms with Crippen LogP contribution < -0.4 is 4.90 Å². The van der Waals surface area contributed by atoms with Gasteiger partial charge in [0.25, 0.3) is 0 Å². The number of benzene rings is 1. The molecule has 0 aliphatic rings. The lowest BCUT2D eigenvalue weighted by atomic mass is 10.2. The molecule has 1 aromatic carbocycles. The number of amides is 1. The largest absolute Gasteiger partial charge is 0.315 e. The van der Waals surface area contributed by atoms with E-state index in [1.807, 2.05) is 30.3 Å². The van der Waals surface area contributed by atoms with E-state index in [-0.39, 0.29) is 18.7 Å². The molecule has 0 aliphatic carbocycles. The van der Waals surface area contributed by atoms with Crippen molar-refractivity contribution in [1.82, 2.24) is 0 Å². The van der Waals surface area contributed by atoms with Crippen LogP contribution in [-0.4, -0.2) is 13.0 Å². The number of carbonyl (C=O) groups excluding carboxylic acids is 1. The van der Waals surface area contributed by atoms with E-state index in [1.54, 1.807) is 11.9 Å². The number of hydrogen-bond donors (Lipinski definition) is 0. The van der Waals surface area contributed by atoms with E-state index >= 15 is 0 Å². The van der Waals surface area contributed by atoms with Crippen molar-refractivity contribution in [3.8, 4) is 6.07 Å². The average molecular weight is 267 g/mol. The van der Waals surface area contributed by atoms with Gasteiger partial charge < -0.3 is 4.90 Å². The van der Waals surface area contributed by atoms with Gasteiger partial charge in [0.1, 0.15) is 0 Å². The van der Waals surface area contributed by atoms with Crippen molar-refractivity contribution in [2.45, 2.75) is 12.8 Å². The van der Waals surface area contributed by atoms with E-state index in [2.05, 4.69) is 15.9 Å². The van der Waals surface area contributed by atoms with E-state index in [1.165, 1.54) is 0 Å². The van der Waals surface area contributed by atoms with Crippen LogP contribution in [-0.2, 0) is 4.79 Å². The Morgan fingerprint density at radius 2 is 2.33 bits per heavy atom. The summed E-state index contributed by atoms with van der Waals surface area (Å²) in [5, 5.41) is 8.38. The fraction of sp³-hybridized carbons (Fsp3) is 0.273. The third kappa shape index (κ3) is 3.37. The fourth-order valence-electron chi connectivity index (χ4n) is 1.16. The molecule has 0 radical (unpaired) electrons. The van der Waals surface area contributed by atoms with Crippen molar-refractivity contribution in [2.24, 2.45) is 0 Å². The number of hydrogen-bond acceptors (Lipinski definition) is 2. The number of anilines is 1. The predicted octanol–water partition coefficient (Wildman–Crippen LogP) is 2.72. The van der Waals surface area contributed by atoms with Crippen LogP contribution >= 0.6 is 15.9 Å². The quantitative estimate of drug-likeness (QED) is 0.845. The molecule has 1 rings (SSSR count). The van der Waals surface area contributed by atoms with Crippen LogP contribution in [0.4, 0.5) is 5.69 Å². The molecule has 1 aromatic rings. The van der Waals surface area contributed by atoms with E-state index in [0.717, 1.165) is 10.2 Å². The highest BCUT2D eigenvalue weighted by atomic mass is 79.9. The van der Waals surface area contributed by atoms with Gasteiger partial charge in [-0.2, -0.15) is 5.26 Å². The smallest absolute Gasteiger partial charge is 0.227 e. The van der Waals surface area contributed by atoms with Crippen molar-refractivity contribution in [3.05, 3.63) is 28.7 Å². The fourth-order valence-corrected chi connectivity index (χ4v) is 1.55. The van der Waals surface area contributed by atoms with Crippen LogP contribution in [0.5, 0.6) is 0 Å². The molecule has 4 heteroatoms. The Labute approximate surface area is 97.4 Å². The molecule has 0 bridgehead atoms. The summed E-state index contributed by atoms with van der Waals surface area (Å²) in [6.45, 7) is 0. The first-order valence-electron chi connectivity index (χ1n) is 4.54. The summed E-state index contributed by atoms with van der Waals surface area (Å²) in [6, 6.07) is 9.45. The first-order chi connectivity index (χ1) is 7.15. The summed E-state index contributed by atoms with van der Waals surface area (Å²) < 4.78 is 0.930. The molecule has 0 unspecified atom stereocenters. The Morgan fingerprint density at radius 1 is 1.60 bits per heavy atom. The van der Waals surface area contributed by atoms with Gasteiger partial charge in [-0.15, -0.1) is 0 Å². The zero-order valence-corrected chi connectivity index (χ0v) is 9.99. The minimum atomic E-state index is -0.0466.